The van der Waals surface area contributed by atoms with Gasteiger partial charge in [-0.2, -0.15) is 0 Å². The molecule has 0 unspecified atom stereocenters. The molecule has 100 valence electrons. The molecule has 2 aromatic rings. The lowest BCUT2D eigenvalue weighted by Gasteiger charge is -2.04. The van der Waals surface area contributed by atoms with Crippen LogP contribution in [0.5, 0.6) is 5.75 Å². The van der Waals surface area contributed by atoms with E-state index in [-0.39, 0.29) is 16.7 Å². The van der Waals surface area contributed by atoms with Crippen molar-refractivity contribution in [1.29, 1.82) is 0 Å². The van der Waals surface area contributed by atoms with Crippen LogP contribution in [0.15, 0.2) is 36.4 Å². The number of rotatable bonds is 1. The summed E-state index contributed by atoms with van der Waals surface area (Å²) in [5, 5.41) is 13.3. The van der Waals surface area contributed by atoms with Crippen molar-refractivity contribution < 1.29 is 9.90 Å². The second kappa shape index (κ2) is 4.85. The number of amides is 1. The minimum absolute atomic E-state index is 0.0965. The van der Waals surface area contributed by atoms with Gasteiger partial charge < -0.3 is 10.4 Å². The van der Waals surface area contributed by atoms with Crippen LogP contribution >= 0.6 is 23.2 Å². The highest BCUT2D eigenvalue weighted by Crippen LogP contribution is 2.37. The molecule has 0 saturated heterocycles. The van der Waals surface area contributed by atoms with Crippen LogP contribution in [0.4, 0.5) is 5.69 Å². The van der Waals surface area contributed by atoms with Crippen molar-refractivity contribution >= 4 is 46.4 Å². The van der Waals surface area contributed by atoms with E-state index < -0.39 is 0 Å². The minimum atomic E-state index is -0.221. The molecule has 1 aliphatic heterocycles. The van der Waals surface area contributed by atoms with Gasteiger partial charge >= 0.3 is 0 Å². The summed E-state index contributed by atoms with van der Waals surface area (Å²) in [5.41, 5.74) is 2.41. The fourth-order valence-corrected chi connectivity index (χ4v) is 2.64. The Morgan fingerprint density at radius 3 is 2.70 bits per heavy atom. The molecule has 0 spiro atoms. The van der Waals surface area contributed by atoms with Crippen molar-refractivity contribution in [1.82, 2.24) is 0 Å². The molecule has 1 aliphatic rings. The maximum atomic E-state index is 12.0. The van der Waals surface area contributed by atoms with Gasteiger partial charge in [-0.15, -0.1) is 0 Å². The smallest absolute Gasteiger partial charge is 0.256 e. The maximum Gasteiger partial charge on any atom is 0.256 e. The molecule has 0 saturated carbocycles. The number of phenolic OH excluding ortho intramolecular Hbond substituents is 1. The van der Waals surface area contributed by atoms with E-state index in [1.165, 1.54) is 6.07 Å². The second-order valence-corrected chi connectivity index (χ2v) is 5.23. The van der Waals surface area contributed by atoms with Crippen molar-refractivity contribution in [3.63, 3.8) is 0 Å². The van der Waals surface area contributed by atoms with E-state index in [1.54, 1.807) is 12.1 Å². The number of halogens is 2. The van der Waals surface area contributed by atoms with E-state index in [0.29, 0.717) is 16.2 Å². The van der Waals surface area contributed by atoms with Gasteiger partial charge in [0.2, 0.25) is 0 Å². The van der Waals surface area contributed by atoms with Gasteiger partial charge in [-0.1, -0.05) is 41.4 Å². The SMILES string of the molecule is O=C1Nc2ccccc2/C1=C\c1cc(Cl)cc(Cl)c1O. The predicted molar refractivity (Wildman–Crippen MR) is 81.1 cm³/mol. The zero-order valence-electron chi connectivity index (χ0n) is 10.2. The molecule has 0 atom stereocenters. The molecule has 0 radical (unpaired) electrons. The Bertz CT molecular complexity index is 754. The van der Waals surface area contributed by atoms with Gasteiger partial charge in [0.1, 0.15) is 5.75 Å². The van der Waals surface area contributed by atoms with Gasteiger partial charge in [-0.25, -0.2) is 0 Å². The summed E-state index contributed by atoms with van der Waals surface area (Å²) in [6.07, 6.45) is 1.58. The number of hydrogen-bond acceptors (Lipinski definition) is 2. The van der Waals surface area contributed by atoms with Crippen molar-refractivity contribution in [3.05, 3.63) is 57.6 Å². The number of benzene rings is 2. The average Bonchev–Trinajstić information content (AvgIpc) is 2.72. The quantitative estimate of drug-likeness (QED) is 0.776. The number of aromatic hydroxyl groups is 1. The Morgan fingerprint density at radius 2 is 1.90 bits per heavy atom. The lowest BCUT2D eigenvalue weighted by molar-refractivity contribution is -0.110. The van der Waals surface area contributed by atoms with Gasteiger partial charge in [-0.3, -0.25) is 4.79 Å². The first-order valence-electron chi connectivity index (χ1n) is 5.87. The molecule has 0 aliphatic carbocycles. The normalized spacial score (nSPS) is 15.3. The Hall–Kier alpha value is -1.97. The van der Waals surface area contributed by atoms with Crippen molar-refractivity contribution in [2.75, 3.05) is 5.32 Å². The summed E-state index contributed by atoms with van der Waals surface area (Å²) in [7, 11) is 0. The van der Waals surface area contributed by atoms with Crippen molar-refractivity contribution in [2.24, 2.45) is 0 Å². The second-order valence-electron chi connectivity index (χ2n) is 4.38. The van der Waals surface area contributed by atoms with Gasteiger partial charge in [0.05, 0.1) is 5.02 Å². The van der Waals surface area contributed by atoms with Gasteiger partial charge in [0.25, 0.3) is 5.91 Å². The summed E-state index contributed by atoms with van der Waals surface area (Å²) in [6, 6.07) is 10.3. The molecule has 1 heterocycles. The van der Waals surface area contributed by atoms with Crippen LogP contribution < -0.4 is 5.32 Å². The van der Waals surface area contributed by atoms with Crippen LogP contribution in [0.2, 0.25) is 10.0 Å². The van der Waals surface area contributed by atoms with E-state index >= 15 is 0 Å². The van der Waals surface area contributed by atoms with E-state index in [0.717, 1.165) is 11.3 Å². The molecule has 20 heavy (non-hydrogen) atoms. The highest BCUT2D eigenvalue weighted by Gasteiger charge is 2.23. The van der Waals surface area contributed by atoms with Crippen LogP contribution in [0.3, 0.4) is 0 Å². The number of phenols is 1. The van der Waals surface area contributed by atoms with E-state index in [2.05, 4.69) is 5.32 Å². The molecule has 3 nitrogen and oxygen atoms in total. The number of nitrogens with one attached hydrogen (secondary N) is 1. The first-order chi connectivity index (χ1) is 9.56. The summed E-state index contributed by atoms with van der Waals surface area (Å²) in [5.74, 6) is -0.317. The highest BCUT2D eigenvalue weighted by atomic mass is 35.5. The molecule has 0 aromatic heterocycles. The first-order valence-corrected chi connectivity index (χ1v) is 6.62. The monoisotopic (exact) mass is 305 g/mol. The fraction of sp³-hybridized carbons (Fsp3) is 0. The lowest BCUT2D eigenvalue weighted by Crippen LogP contribution is -2.03. The fourth-order valence-electron chi connectivity index (χ4n) is 2.13. The summed E-state index contributed by atoms with van der Waals surface area (Å²) < 4.78 is 0. The third kappa shape index (κ3) is 2.15. The number of para-hydroxylation sites is 1. The topological polar surface area (TPSA) is 49.3 Å². The largest absolute Gasteiger partial charge is 0.506 e. The molecule has 3 rings (SSSR count). The van der Waals surface area contributed by atoms with Crippen LogP contribution in [0, 0.1) is 0 Å². The zero-order chi connectivity index (χ0) is 14.3. The molecule has 5 heteroatoms. The van der Waals surface area contributed by atoms with Crippen LogP contribution in [-0.2, 0) is 4.79 Å². The first kappa shape index (κ1) is 13.0. The molecule has 0 fully saturated rings. The summed E-state index contributed by atoms with van der Waals surface area (Å²) >= 11 is 11.8. The Balaban J connectivity index is 2.16. The van der Waals surface area contributed by atoms with Crippen LogP contribution in [0.1, 0.15) is 11.1 Å². The Labute approximate surface area is 125 Å². The lowest BCUT2D eigenvalue weighted by atomic mass is 10.0. The van der Waals surface area contributed by atoms with E-state index in [9.17, 15) is 9.90 Å². The van der Waals surface area contributed by atoms with E-state index in [4.69, 9.17) is 23.2 Å². The highest BCUT2D eigenvalue weighted by molar-refractivity contribution is 6.37. The molecule has 1 amide bonds. The number of anilines is 1. The van der Waals surface area contributed by atoms with Gasteiger partial charge in [0.15, 0.2) is 0 Å². The third-order valence-electron chi connectivity index (χ3n) is 3.07. The van der Waals surface area contributed by atoms with Crippen molar-refractivity contribution in [3.8, 4) is 5.75 Å². The van der Waals surface area contributed by atoms with Crippen molar-refractivity contribution in [2.45, 2.75) is 0 Å². The maximum absolute atomic E-state index is 12.0. The predicted octanol–water partition coefficient (Wildman–Crippen LogP) is 4.19. The summed E-state index contributed by atoms with van der Waals surface area (Å²) in [4.78, 5) is 12.0. The summed E-state index contributed by atoms with van der Waals surface area (Å²) in [6.45, 7) is 0. The standard InChI is InChI=1S/C15H9Cl2NO2/c16-9-5-8(14(19)12(17)7-9)6-11-10-3-1-2-4-13(10)18-15(11)20/h1-7,19H,(H,18,20)/b11-6+. The van der Waals surface area contributed by atoms with E-state index in [1.807, 2.05) is 24.3 Å². The molecule has 2 aromatic carbocycles. The molecule has 0 bridgehead atoms. The van der Waals surface area contributed by atoms with Gasteiger partial charge in [-0.05, 0) is 24.3 Å². The van der Waals surface area contributed by atoms with Crippen LogP contribution in [-0.4, -0.2) is 11.0 Å². The molecular formula is C15H9Cl2NO2. The van der Waals surface area contributed by atoms with Gasteiger partial charge in [0, 0.05) is 27.4 Å². The number of carbonyl (C=O) groups is 1. The number of fused-ring (bicyclic) bond motifs is 1. The Morgan fingerprint density at radius 1 is 1.15 bits per heavy atom. The zero-order valence-corrected chi connectivity index (χ0v) is 11.7. The molecular weight excluding hydrogens is 297 g/mol. The number of hydrogen-bond donors (Lipinski definition) is 2. The molecule has 2 N–H and O–H groups in total. The Kier molecular flexibility index (Phi) is 3.16. The average molecular weight is 306 g/mol. The number of carbonyl (C=O) groups excluding carboxylic acids is 1. The third-order valence-corrected chi connectivity index (χ3v) is 3.57. The minimum Gasteiger partial charge on any atom is -0.506 e. The van der Waals surface area contributed by atoms with Crippen LogP contribution in [0.25, 0.3) is 11.6 Å².